The Kier molecular flexibility index (Phi) is 7.05. The molecular weight excluding hydrogens is 378 g/mol. The first-order chi connectivity index (χ1) is 14.7. The van der Waals surface area contributed by atoms with Crippen molar-refractivity contribution in [2.45, 2.75) is 51.1 Å². The number of nitrogens with zero attached hydrogens (tertiary/aromatic N) is 3. The lowest BCUT2D eigenvalue weighted by atomic mass is 9.83. The van der Waals surface area contributed by atoms with Gasteiger partial charge in [0.05, 0.1) is 0 Å². The molecule has 0 N–H and O–H groups in total. The lowest BCUT2D eigenvalue weighted by molar-refractivity contribution is -0.133. The average molecular weight is 414 g/mol. The quantitative estimate of drug-likeness (QED) is 0.615. The first kappa shape index (κ1) is 21.3. The number of methoxy groups -OCH3 is 1. The largest absolute Gasteiger partial charge is 0.385 e. The number of amides is 2. The summed E-state index contributed by atoms with van der Waals surface area (Å²) < 4.78 is 5.23. The summed E-state index contributed by atoms with van der Waals surface area (Å²) in [6, 6.07) is 8.29. The molecule has 6 heteroatoms. The number of benzene rings is 1. The summed E-state index contributed by atoms with van der Waals surface area (Å²) in [7, 11) is 1.70. The molecule has 0 saturated carbocycles. The lowest BCUT2D eigenvalue weighted by Crippen LogP contribution is -2.52. The number of hydrogen-bond donors (Lipinski definition) is 0. The predicted octanol–water partition coefficient (Wildman–Crippen LogP) is 2.77. The molecular formula is C24H35N3O3. The van der Waals surface area contributed by atoms with E-state index in [0.29, 0.717) is 31.7 Å². The summed E-state index contributed by atoms with van der Waals surface area (Å²) in [5.74, 6) is 0.587. The van der Waals surface area contributed by atoms with E-state index >= 15 is 0 Å². The molecule has 0 unspecified atom stereocenters. The molecule has 1 aromatic rings. The summed E-state index contributed by atoms with van der Waals surface area (Å²) in [5, 5.41) is 0. The van der Waals surface area contributed by atoms with Gasteiger partial charge in [-0.25, -0.2) is 0 Å². The van der Waals surface area contributed by atoms with Crippen molar-refractivity contribution >= 4 is 11.8 Å². The number of carbonyl (C=O) groups is 2. The average Bonchev–Trinajstić information content (AvgIpc) is 3.08. The highest BCUT2D eigenvalue weighted by Crippen LogP contribution is 2.31. The van der Waals surface area contributed by atoms with Gasteiger partial charge in [0.1, 0.15) is 6.54 Å². The van der Waals surface area contributed by atoms with E-state index in [0.717, 1.165) is 24.1 Å². The molecule has 6 nitrogen and oxygen atoms in total. The molecule has 0 bridgehead atoms. The monoisotopic (exact) mass is 413 g/mol. The molecule has 3 aliphatic rings. The van der Waals surface area contributed by atoms with Crippen LogP contribution in [0, 0.1) is 5.92 Å². The lowest BCUT2D eigenvalue weighted by Gasteiger charge is -2.45. The Labute approximate surface area is 180 Å². The van der Waals surface area contributed by atoms with Gasteiger partial charge in [-0.05, 0) is 62.7 Å². The minimum absolute atomic E-state index is 0.0214. The third-order valence-corrected chi connectivity index (χ3v) is 7.04. The zero-order valence-corrected chi connectivity index (χ0v) is 18.2. The molecule has 0 radical (unpaired) electrons. The molecule has 2 saturated heterocycles. The Morgan fingerprint density at radius 1 is 1.17 bits per heavy atom. The van der Waals surface area contributed by atoms with Crippen molar-refractivity contribution in [3.8, 4) is 0 Å². The van der Waals surface area contributed by atoms with Crippen molar-refractivity contribution < 1.29 is 14.3 Å². The number of hydrogen-bond acceptors (Lipinski definition) is 4. The van der Waals surface area contributed by atoms with E-state index in [9.17, 15) is 9.59 Å². The molecule has 30 heavy (non-hydrogen) atoms. The normalized spacial score (nSPS) is 23.9. The Bertz CT molecular complexity index is 751. The van der Waals surface area contributed by atoms with Crippen LogP contribution in [0.5, 0.6) is 0 Å². The Morgan fingerprint density at radius 3 is 2.83 bits per heavy atom. The van der Waals surface area contributed by atoms with E-state index in [2.05, 4.69) is 4.90 Å². The van der Waals surface area contributed by atoms with Gasteiger partial charge in [-0.2, -0.15) is 0 Å². The van der Waals surface area contributed by atoms with E-state index in [-0.39, 0.29) is 18.4 Å². The Hall–Kier alpha value is -1.92. The molecule has 2 atom stereocenters. The Morgan fingerprint density at radius 2 is 2.00 bits per heavy atom. The van der Waals surface area contributed by atoms with Crippen molar-refractivity contribution in [2.24, 2.45) is 5.92 Å². The van der Waals surface area contributed by atoms with Crippen molar-refractivity contribution in [1.82, 2.24) is 14.7 Å². The van der Waals surface area contributed by atoms with Gasteiger partial charge in [0.15, 0.2) is 0 Å². The van der Waals surface area contributed by atoms with Crippen molar-refractivity contribution in [3.63, 3.8) is 0 Å². The van der Waals surface area contributed by atoms with Gasteiger partial charge in [-0.15, -0.1) is 0 Å². The van der Waals surface area contributed by atoms with E-state index < -0.39 is 0 Å². The Balaban J connectivity index is 1.41. The molecule has 1 aromatic carbocycles. The highest BCUT2D eigenvalue weighted by atomic mass is 16.5. The highest BCUT2D eigenvalue weighted by molar-refractivity contribution is 6.00. The van der Waals surface area contributed by atoms with Gasteiger partial charge in [0, 0.05) is 45.0 Å². The van der Waals surface area contributed by atoms with E-state index in [1.807, 2.05) is 29.2 Å². The van der Waals surface area contributed by atoms with E-state index in [1.54, 1.807) is 12.0 Å². The fourth-order valence-corrected chi connectivity index (χ4v) is 5.50. The van der Waals surface area contributed by atoms with Gasteiger partial charge >= 0.3 is 0 Å². The van der Waals surface area contributed by atoms with Crippen LogP contribution in [0.1, 0.15) is 54.4 Å². The molecule has 164 valence electrons. The summed E-state index contributed by atoms with van der Waals surface area (Å²) in [6.07, 6.45) is 7.11. The van der Waals surface area contributed by atoms with Crippen LogP contribution in [0.15, 0.2) is 24.3 Å². The van der Waals surface area contributed by atoms with Crippen molar-refractivity contribution in [1.29, 1.82) is 0 Å². The van der Waals surface area contributed by atoms with Gasteiger partial charge in [-0.3, -0.25) is 9.59 Å². The molecule has 3 aliphatic heterocycles. The first-order valence-electron chi connectivity index (χ1n) is 11.6. The van der Waals surface area contributed by atoms with Crippen LogP contribution < -0.4 is 0 Å². The van der Waals surface area contributed by atoms with Crippen LogP contribution in [0.3, 0.4) is 0 Å². The topological polar surface area (TPSA) is 53.1 Å². The maximum absolute atomic E-state index is 13.3. The second kappa shape index (κ2) is 9.92. The van der Waals surface area contributed by atoms with Crippen molar-refractivity contribution in [3.05, 3.63) is 35.4 Å². The van der Waals surface area contributed by atoms with Crippen LogP contribution in [-0.2, 0) is 16.1 Å². The summed E-state index contributed by atoms with van der Waals surface area (Å²) in [6.45, 7) is 5.27. The van der Waals surface area contributed by atoms with Gasteiger partial charge in [-0.1, -0.05) is 24.6 Å². The van der Waals surface area contributed by atoms with Crippen LogP contribution in [0.25, 0.3) is 0 Å². The van der Waals surface area contributed by atoms with Crippen LogP contribution >= 0.6 is 0 Å². The van der Waals surface area contributed by atoms with Crippen LogP contribution in [-0.4, -0.2) is 79.0 Å². The molecule has 3 heterocycles. The number of piperidine rings is 2. The molecule has 2 amide bonds. The third kappa shape index (κ3) is 4.70. The van der Waals surface area contributed by atoms with Gasteiger partial charge in [0.25, 0.3) is 5.91 Å². The van der Waals surface area contributed by atoms with E-state index in [1.165, 1.54) is 45.2 Å². The molecule has 0 aromatic heterocycles. The second-order valence-corrected chi connectivity index (χ2v) is 9.01. The van der Waals surface area contributed by atoms with Crippen molar-refractivity contribution in [2.75, 3.05) is 46.4 Å². The van der Waals surface area contributed by atoms with Gasteiger partial charge in [0.2, 0.25) is 5.91 Å². The standard InChI is InChI=1S/C24H35N3O3/c1-30-15-7-14-26(17-20-9-6-13-25-12-5-4-11-22(20)25)23(28)18-27-16-19-8-2-3-10-21(19)24(27)29/h2-3,8,10,20,22H,4-7,9,11-18H2,1H3/t20-,22+/m0/s1. The zero-order valence-electron chi connectivity index (χ0n) is 18.2. The molecule has 2 fully saturated rings. The van der Waals surface area contributed by atoms with Crippen LogP contribution in [0.4, 0.5) is 0 Å². The maximum Gasteiger partial charge on any atom is 0.254 e. The number of fused-ring (bicyclic) bond motifs is 2. The fraction of sp³-hybridized carbons (Fsp3) is 0.667. The zero-order chi connectivity index (χ0) is 20.9. The highest BCUT2D eigenvalue weighted by Gasteiger charge is 2.35. The predicted molar refractivity (Wildman–Crippen MR) is 116 cm³/mol. The number of rotatable bonds is 8. The third-order valence-electron chi connectivity index (χ3n) is 7.04. The van der Waals surface area contributed by atoms with E-state index in [4.69, 9.17) is 4.74 Å². The number of carbonyl (C=O) groups excluding carboxylic acids is 2. The summed E-state index contributed by atoms with van der Waals surface area (Å²) in [4.78, 5) is 32.4. The number of ether oxygens (including phenoxy) is 1. The van der Waals surface area contributed by atoms with Crippen LogP contribution in [0.2, 0.25) is 0 Å². The maximum atomic E-state index is 13.3. The fourth-order valence-electron chi connectivity index (χ4n) is 5.50. The minimum atomic E-state index is -0.0214. The van der Waals surface area contributed by atoms with Gasteiger partial charge < -0.3 is 19.4 Å². The SMILES string of the molecule is COCCCN(C[C@@H]1CCCN2CCCC[C@H]12)C(=O)CN1Cc2ccccc2C1=O. The minimum Gasteiger partial charge on any atom is -0.385 e. The summed E-state index contributed by atoms with van der Waals surface area (Å²) in [5.41, 5.74) is 1.76. The molecule has 4 rings (SSSR count). The smallest absolute Gasteiger partial charge is 0.254 e. The second-order valence-electron chi connectivity index (χ2n) is 9.01. The molecule has 0 aliphatic carbocycles. The first-order valence-corrected chi connectivity index (χ1v) is 11.6. The summed E-state index contributed by atoms with van der Waals surface area (Å²) >= 11 is 0. The molecule has 0 spiro atoms.